The van der Waals surface area contributed by atoms with Crippen molar-refractivity contribution < 1.29 is 27.1 Å². The number of aromatic nitrogens is 7. The van der Waals surface area contributed by atoms with Gasteiger partial charge in [-0.3, -0.25) is 4.57 Å². The molecule has 0 saturated heterocycles. The van der Waals surface area contributed by atoms with Crippen molar-refractivity contribution in [3.8, 4) is 17.2 Å². The highest BCUT2D eigenvalue weighted by Gasteiger charge is 2.61. The number of alkyl halides is 5. The molecule has 4 aromatic rings. The molecule has 0 atom stereocenters. The number of hydrogen-bond acceptors (Lipinski definition) is 5. The Morgan fingerprint density at radius 2 is 1.78 bits per heavy atom. The fourth-order valence-electron chi connectivity index (χ4n) is 3.91. The minimum Gasteiger partial charge on any atom is -0.390 e. The van der Waals surface area contributed by atoms with Crippen LogP contribution in [0.15, 0.2) is 39.4 Å². The molecule has 8 nitrogen and oxygen atoms in total. The summed E-state index contributed by atoms with van der Waals surface area (Å²) in [6, 6.07) is 8.75. The molecule has 0 aliphatic heterocycles. The SMILES string of the molecule is CCCCc1nc(C(F)(F)C(F)(F)F)c(CO)n1Cc1ccc(-n2c(Br)cc(Br)c2-c2nnn[nH]2)cc1. The van der Waals surface area contributed by atoms with Crippen molar-refractivity contribution in [1.29, 1.82) is 0 Å². The molecule has 198 valence electrons. The second kappa shape index (κ2) is 10.6. The van der Waals surface area contributed by atoms with E-state index >= 15 is 0 Å². The highest BCUT2D eigenvalue weighted by Crippen LogP contribution is 2.45. The minimum absolute atomic E-state index is 0.0500. The predicted octanol–water partition coefficient (Wildman–Crippen LogP) is 5.92. The minimum atomic E-state index is -5.84. The number of halogens is 7. The van der Waals surface area contributed by atoms with Crippen LogP contribution in [0.3, 0.4) is 0 Å². The van der Waals surface area contributed by atoms with Crippen LogP contribution in [0.25, 0.3) is 17.2 Å². The van der Waals surface area contributed by atoms with Crippen molar-refractivity contribution >= 4 is 31.9 Å². The number of nitrogens with zero attached hydrogens (tertiary/aromatic N) is 6. The summed E-state index contributed by atoms with van der Waals surface area (Å²) in [7, 11) is 0. The summed E-state index contributed by atoms with van der Waals surface area (Å²) in [6.45, 7) is 0.799. The van der Waals surface area contributed by atoms with Gasteiger partial charge in [-0.25, -0.2) is 10.1 Å². The maximum atomic E-state index is 14.3. The van der Waals surface area contributed by atoms with Crippen LogP contribution in [0.1, 0.15) is 42.5 Å². The molecule has 37 heavy (non-hydrogen) atoms. The van der Waals surface area contributed by atoms with Gasteiger partial charge < -0.3 is 9.67 Å². The topological polar surface area (TPSA) is 97.4 Å². The zero-order valence-electron chi connectivity index (χ0n) is 19.2. The quantitative estimate of drug-likeness (QED) is 0.219. The van der Waals surface area contributed by atoms with Gasteiger partial charge in [-0.1, -0.05) is 25.5 Å². The molecule has 0 aliphatic carbocycles. The number of aromatic amines is 1. The summed E-state index contributed by atoms with van der Waals surface area (Å²) < 4.78 is 72.4. The van der Waals surface area contributed by atoms with Crippen LogP contribution >= 0.6 is 31.9 Å². The Kier molecular flexibility index (Phi) is 7.85. The van der Waals surface area contributed by atoms with Gasteiger partial charge in [0.25, 0.3) is 0 Å². The number of rotatable bonds is 9. The third kappa shape index (κ3) is 5.21. The standard InChI is InChI=1S/C22H20Br2F5N7O/c1-2-3-4-17-30-19(21(25,26)22(27,28)29)15(11-37)35(17)10-12-5-7-13(8-6-12)36-16(24)9-14(23)18(36)20-31-33-34-32-20/h5-9,37H,2-4,10-11H2,1H3,(H,31,32,33,34). The second-order valence-electron chi connectivity index (χ2n) is 8.16. The van der Waals surface area contributed by atoms with Crippen LogP contribution in [0, 0.1) is 0 Å². The van der Waals surface area contributed by atoms with E-state index in [0.29, 0.717) is 44.7 Å². The lowest BCUT2D eigenvalue weighted by molar-refractivity contribution is -0.291. The number of H-pyrrole nitrogens is 1. The summed E-state index contributed by atoms with van der Waals surface area (Å²) in [5.41, 5.74) is -0.0639. The van der Waals surface area contributed by atoms with Gasteiger partial charge in [0.1, 0.15) is 17.2 Å². The molecule has 4 rings (SSSR count). The first-order chi connectivity index (χ1) is 17.5. The maximum absolute atomic E-state index is 14.3. The molecule has 15 heteroatoms. The van der Waals surface area contributed by atoms with Gasteiger partial charge in [-0.2, -0.15) is 22.0 Å². The number of tetrazole rings is 1. The molecular weight excluding hydrogens is 633 g/mol. The van der Waals surface area contributed by atoms with Crippen molar-refractivity contribution in [3.05, 3.63) is 62.2 Å². The first-order valence-corrected chi connectivity index (χ1v) is 12.6. The molecule has 0 radical (unpaired) electrons. The van der Waals surface area contributed by atoms with E-state index in [4.69, 9.17) is 0 Å². The zero-order valence-corrected chi connectivity index (χ0v) is 22.4. The Morgan fingerprint density at radius 3 is 2.35 bits per heavy atom. The molecule has 3 aromatic heterocycles. The number of aliphatic hydroxyl groups is 1. The number of benzene rings is 1. The van der Waals surface area contributed by atoms with Crippen LogP contribution in [-0.2, 0) is 25.5 Å². The number of imidazole rings is 1. The second-order valence-corrected chi connectivity index (χ2v) is 9.83. The molecule has 3 heterocycles. The molecule has 0 unspecified atom stereocenters. The Labute approximate surface area is 224 Å². The Balaban J connectivity index is 1.72. The van der Waals surface area contributed by atoms with Crippen LogP contribution in [-0.4, -0.2) is 46.0 Å². The lowest BCUT2D eigenvalue weighted by atomic mass is 10.1. The number of unbranched alkanes of at least 4 members (excludes halogenated alkanes) is 1. The molecule has 0 bridgehead atoms. The molecule has 0 aliphatic rings. The first kappa shape index (κ1) is 27.4. The van der Waals surface area contributed by atoms with E-state index in [2.05, 4.69) is 57.5 Å². The molecule has 0 amide bonds. The highest BCUT2D eigenvalue weighted by molar-refractivity contribution is 9.11. The Hall–Kier alpha value is -2.65. The summed E-state index contributed by atoms with van der Waals surface area (Å²) in [5.74, 6) is -4.72. The summed E-state index contributed by atoms with van der Waals surface area (Å²) in [5, 5.41) is 23.7. The van der Waals surface area contributed by atoms with Gasteiger partial charge >= 0.3 is 12.1 Å². The van der Waals surface area contributed by atoms with Crippen LogP contribution < -0.4 is 0 Å². The third-order valence-corrected chi connectivity index (χ3v) is 6.91. The lowest BCUT2D eigenvalue weighted by Gasteiger charge is -2.19. The highest BCUT2D eigenvalue weighted by atomic mass is 79.9. The summed E-state index contributed by atoms with van der Waals surface area (Å²) >= 11 is 6.98. The van der Waals surface area contributed by atoms with Gasteiger partial charge in [-0.05, 0) is 72.5 Å². The van der Waals surface area contributed by atoms with Crippen LogP contribution in [0.5, 0.6) is 0 Å². The number of nitrogens with one attached hydrogen (secondary N) is 1. The monoisotopic (exact) mass is 651 g/mol. The van der Waals surface area contributed by atoms with Crippen molar-refractivity contribution in [2.24, 2.45) is 0 Å². The lowest BCUT2D eigenvalue weighted by Crippen LogP contribution is -2.35. The van der Waals surface area contributed by atoms with Crippen molar-refractivity contribution in [1.82, 2.24) is 34.7 Å². The van der Waals surface area contributed by atoms with Crippen molar-refractivity contribution in [2.75, 3.05) is 0 Å². The smallest absolute Gasteiger partial charge is 0.390 e. The van der Waals surface area contributed by atoms with E-state index in [0.717, 1.165) is 0 Å². The maximum Gasteiger partial charge on any atom is 0.459 e. The molecule has 0 fully saturated rings. The average molecular weight is 653 g/mol. The fourth-order valence-corrected chi connectivity index (χ4v) is 5.41. The zero-order chi connectivity index (χ0) is 27.0. The summed E-state index contributed by atoms with van der Waals surface area (Å²) in [6.07, 6.45) is -4.43. The van der Waals surface area contributed by atoms with Crippen LogP contribution in [0.2, 0.25) is 0 Å². The van der Waals surface area contributed by atoms with Crippen molar-refractivity contribution in [3.63, 3.8) is 0 Å². The molecule has 0 spiro atoms. The molecular formula is C22H20Br2F5N7O. The van der Waals surface area contributed by atoms with Crippen molar-refractivity contribution in [2.45, 2.75) is 51.4 Å². The van der Waals surface area contributed by atoms with Gasteiger partial charge in [0.05, 0.1) is 16.9 Å². The number of aliphatic hydroxyl groups excluding tert-OH is 1. The average Bonchev–Trinajstić information content (AvgIpc) is 3.55. The van der Waals surface area contributed by atoms with E-state index in [1.165, 1.54) is 4.57 Å². The van der Waals surface area contributed by atoms with Gasteiger partial charge in [0.2, 0.25) is 0 Å². The van der Waals surface area contributed by atoms with E-state index in [9.17, 15) is 27.1 Å². The van der Waals surface area contributed by atoms with E-state index < -0.39 is 30.1 Å². The first-order valence-electron chi connectivity index (χ1n) is 11.0. The Bertz CT molecular complexity index is 1370. The van der Waals surface area contributed by atoms with Gasteiger partial charge in [0, 0.05) is 23.1 Å². The summed E-state index contributed by atoms with van der Waals surface area (Å²) in [4.78, 5) is 3.67. The van der Waals surface area contributed by atoms with Gasteiger partial charge in [-0.15, -0.1) is 5.10 Å². The van der Waals surface area contributed by atoms with Crippen LogP contribution in [0.4, 0.5) is 22.0 Å². The largest absolute Gasteiger partial charge is 0.459 e. The fraction of sp³-hybridized carbons (Fsp3) is 0.364. The van der Waals surface area contributed by atoms with E-state index in [1.807, 2.05) is 17.6 Å². The third-order valence-electron chi connectivity index (χ3n) is 5.72. The molecule has 2 N–H and O–H groups in total. The number of hydrogen-bond donors (Lipinski definition) is 2. The Morgan fingerprint density at radius 1 is 1.08 bits per heavy atom. The van der Waals surface area contributed by atoms with E-state index in [-0.39, 0.29) is 18.8 Å². The van der Waals surface area contributed by atoms with Gasteiger partial charge in [0.15, 0.2) is 5.82 Å². The number of aryl methyl sites for hydroxylation is 1. The molecule has 0 saturated carbocycles. The normalized spacial score (nSPS) is 12.5. The molecule has 1 aromatic carbocycles. The van der Waals surface area contributed by atoms with E-state index in [1.54, 1.807) is 24.3 Å². The predicted molar refractivity (Wildman–Crippen MR) is 130 cm³/mol.